The third-order valence-electron chi connectivity index (χ3n) is 2.76. The Bertz CT molecular complexity index is 706. The van der Waals surface area contributed by atoms with Crippen LogP contribution in [0.4, 0.5) is 11.4 Å². The Kier molecular flexibility index (Phi) is 4.53. The molecule has 1 amide bonds. The smallest absolute Gasteiger partial charge is 0.243 e. The van der Waals surface area contributed by atoms with Gasteiger partial charge < -0.3 is 10.6 Å². The van der Waals surface area contributed by atoms with Gasteiger partial charge in [0.05, 0.1) is 29.8 Å². The highest BCUT2D eigenvalue weighted by Crippen LogP contribution is 2.10. The van der Waals surface area contributed by atoms with Crippen molar-refractivity contribution in [2.24, 2.45) is 0 Å². The molecule has 0 aliphatic heterocycles. The Morgan fingerprint density at radius 2 is 1.33 bits per heavy atom. The molecular formula is C16H12N4O. The van der Waals surface area contributed by atoms with Gasteiger partial charge in [0.25, 0.3) is 0 Å². The minimum Gasteiger partial charge on any atom is -0.376 e. The van der Waals surface area contributed by atoms with Gasteiger partial charge in [-0.2, -0.15) is 10.5 Å². The molecule has 0 atom stereocenters. The van der Waals surface area contributed by atoms with E-state index in [1.165, 1.54) is 0 Å². The lowest BCUT2D eigenvalue weighted by atomic mass is 10.2. The van der Waals surface area contributed by atoms with Gasteiger partial charge in [-0.1, -0.05) is 0 Å². The lowest BCUT2D eigenvalue weighted by Gasteiger charge is -2.07. The molecule has 0 saturated carbocycles. The van der Waals surface area contributed by atoms with E-state index in [9.17, 15) is 4.79 Å². The zero-order chi connectivity index (χ0) is 15.1. The maximum absolute atomic E-state index is 11.8. The van der Waals surface area contributed by atoms with Gasteiger partial charge in [0.1, 0.15) is 0 Å². The van der Waals surface area contributed by atoms with E-state index in [0.717, 1.165) is 5.69 Å². The Morgan fingerprint density at radius 1 is 0.857 bits per heavy atom. The Balaban J connectivity index is 1.86. The van der Waals surface area contributed by atoms with Crippen molar-refractivity contribution >= 4 is 17.3 Å². The Morgan fingerprint density at radius 3 is 1.81 bits per heavy atom. The molecule has 0 aliphatic carbocycles. The van der Waals surface area contributed by atoms with Crippen LogP contribution in [0.1, 0.15) is 11.1 Å². The average Bonchev–Trinajstić information content (AvgIpc) is 2.54. The number of rotatable bonds is 4. The van der Waals surface area contributed by atoms with Crippen LogP contribution in [-0.4, -0.2) is 12.5 Å². The second-order valence-electron chi connectivity index (χ2n) is 4.28. The fourth-order valence-electron chi connectivity index (χ4n) is 1.68. The van der Waals surface area contributed by atoms with Gasteiger partial charge in [-0.15, -0.1) is 0 Å². The normalized spacial score (nSPS) is 9.24. The van der Waals surface area contributed by atoms with Gasteiger partial charge in [0, 0.05) is 11.4 Å². The van der Waals surface area contributed by atoms with E-state index in [0.29, 0.717) is 16.8 Å². The summed E-state index contributed by atoms with van der Waals surface area (Å²) in [5.74, 6) is -0.191. The lowest BCUT2D eigenvalue weighted by Crippen LogP contribution is -2.21. The Labute approximate surface area is 122 Å². The molecule has 0 fully saturated rings. The largest absolute Gasteiger partial charge is 0.376 e. The molecule has 5 heteroatoms. The fraction of sp³-hybridized carbons (Fsp3) is 0.0625. The average molecular weight is 276 g/mol. The molecule has 0 bridgehead atoms. The first-order valence-corrected chi connectivity index (χ1v) is 6.25. The van der Waals surface area contributed by atoms with Crippen molar-refractivity contribution in [1.29, 1.82) is 10.5 Å². The first-order valence-electron chi connectivity index (χ1n) is 6.25. The van der Waals surface area contributed by atoms with Crippen molar-refractivity contribution in [3.63, 3.8) is 0 Å². The van der Waals surface area contributed by atoms with Crippen molar-refractivity contribution in [3.8, 4) is 12.1 Å². The van der Waals surface area contributed by atoms with Crippen molar-refractivity contribution in [2.75, 3.05) is 17.2 Å². The van der Waals surface area contributed by atoms with Crippen LogP contribution in [0.5, 0.6) is 0 Å². The van der Waals surface area contributed by atoms with Gasteiger partial charge in [-0.05, 0) is 48.5 Å². The van der Waals surface area contributed by atoms with Gasteiger partial charge in [0.15, 0.2) is 0 Å². The number of benzene rings is 2. The third-order valence-corrected chi connectivity index (χ3v) is 2.76. The number of hydrogen-bond acceptors (Lipinski definition) is 4. The standard InChI is InChI=1S/C16H12N4O/c17-9-12-1-5-14(6-2-12)19-11-16(21)20-15-7-3-13(10-18)4-8-15/h1-8,19H,11H2,(H,20,21). The van der Waals surface area contributed by atoms with Crippen molar-refractivity contribution < 1.29 is 4.79 Å². The van der Waals surface area contributed by atoms with E-state index >= 15 is 0 Å². The molecule has 5 nitrogen and oxygen atoms in total. The van der Waals surface area contributed by atoms with Gasteiger partial charge >= 0.3 is 0 Å². The van der Waals surface area contributed by atoms with Crippen LogP contribution in [0, 0.1) is 22.7 Å². The summed E-state index contributed by atoms with van der Waals surface area (Å²) in [6.07, 6.45) is 0. The van der Waals surface area contributed by atoms with Gasteiger partial charge in [0.2, 0.25) is 5.91 Å². The van der Waals surface area contributed by atoms with E-state index in [2.05, 4.69) is 10.6 Å². The second kappa shape index (κ2) is 6.74. The molecule has 2 N–H and O–H groups in total. The lowest BCUT2D eigenvalue weighted by molar-refractivity contribution is -0.114. The number of hydrogen-bond donors (Lipinski definition) is 2. The zero-order valence-corrected chi connectivity index (χ0v) is 11.1. The van der Waals surface area contributed by atoms with Crippen LogP contribution in [-0.2, 0) is 4.79 Å². The highest BCUT2D eigenvalue weighted by molar-refractivity contribution is 5.93. The van der Waals surface area contributed by atoms with Crippen LogP contribution in [0.15, 0.2) is 48.5 Å². The number of nitrogens with one attached hydrogen (secondary N) is 2. The van der Waals surface area contributed by atoms with Crippen LogP contribution in [0.3, 0.4) is 0 Å². The number of nitriles is 2. The second-order valence-corrected chi connectivity index (χ2v) is 4.28. The van der Waals surface area contributed by atoms with Crippen LogP contribution in [0.25, 0.3) is 0 Å². The fourth-order valence-corrected chi connectivity index (χ4v) is 1.68. The van der Waals surface area contributed by atoms with Crippen LogP contribution >= 0.6 is 0 Å². The molecule has 2 rings (SSSR count). The summed E-state index contributed by atoms with van der Waals surface area (Å²) >= 11 is 0. The molecule has 0 spiro atoms. The summed E-state index contributed by atoms with van der Waals surface area (Å²) < 4.78 is 0. The number of carbonyl (C=O) groups is 1. The highest BCUT2D eigenvalue weighted by Gasteiger charge is 2.02. The minimum atomic E-state index is -0.191. The van der Waals surface area contributed by atoms with Crippen molar-refractivity contribution in [2.45, 2.75) is 0 Å². The maximum atomic E-state index is 11.8. The minimum absolute atomic E-state index is 0.117. The molecule has 0 heterocycles. The molecule has 2 aromatic rings. The molecular weight excluding hydrogens is 264 g/mol. The molecule has 0 unspecified atom stereocenters. The molecule has 21 heavy (non-hydrogen) atoms. The third kappa shape index (κ3) is 4.09. The van der Waals surface area contributed by atoms with E-state index < -0.39 is 0 Å². The molecule has 0 aliphatic rings. The summed E-state index contributed by atoms with van der Waals surface area (Å²) in [5.41, 5.74) is 2.52. The maximum Gasteiger partial charge on any atom is 0.243 e. The number of nitrogens with zero attached hydrogens (tertiary/aromatic N) is 2. The number of amides is 1. The summed E-state index contributed by atoms with van der Waals surface area (Å²) in [6.45, 7) is 0.117. The quantitative estimate of drug-likeness (QED) is 0.897. The summed E-state index contributed by atoms with van der Waals surface area (Å²) in [6, 6.07) is 17.5. The predicted octanol–water partition coefficient (Wildman–Crippen LogP) is 2.48. The first-order chi connectivity index (χ1) is 10.2. The SMILES string of the molecule is N#Cc1ccc(NCC(=O)Nc2ccc(C#N)cc2)cc1. The van der Waals surface area contributed by atoms with E-state index in [-0.39, 0.29) is 12.5 Å². The summed E-state index contributed by atoms with van der Waals surface area (Å²) in [4.78, 5) is 11.8. The Hall–Kier alpha value is -3.31. The van der Waals surface area contributed by atoms with Gasteiger partial charge in [-0.25, -0.2) is 0 Å². The zero-order valence-electron chi connectivity index (χ0n) is 11.1. The van der Waals surface area contributed by atoms with Gasteiger partial charge in [-0.3, -0.25) is 4.79 Å². The molecule has 0 radical (unpaired) electrons. The van der Waals surface area contributed by atoms with E-state index in [1.807, 2.05) is 12.1 Å². The molecule has 0 saturated heterocycles. The van der Waals surface area contributed by atoms with E-state index in [4.69, 9.17) is 10.5 Å². The van der Waals surface area contributed by atoms with Crippen molar-refractivity contribution in [3.05, 3.63) is 59.7 Å². The van der Waals surface area contributed by atoms with Crippen LogP contribution in [0.2, 0.25) is 0 Å². The monoisotopic (exact) mass is 276 g/mol. The summed E-state index contributed by atoms with van der Waals surface area (Å²) in [7, 11) is 0. The van der Waals surface area contributed by atoms with Crippen molar-refractivity contribution in [1.82, 2.24) is 0 Å². The number of anilines is 2. The predicted molar refractivity (Wildman–Crippen MR) is 79.4 cm³/mol. The molecule has 0 aromatic heterocycles. The first kappa shape index (κ1) is 14.1. The molecule has 2 aromatic carbocycles. The van der Waals surface area contributed by atoms with Crippen LogP contribution < -0.4 is 10.6 Å². The summed E-state index contributed by atoms with van der Waals surface area (Å²) in [5, 5.41) is 23.1. The topological polar surface area (TPSA) is 88.7 Å². The highest BCUT2D eigenvalue weighted by atomic mass is 16.1. The molecule has 102 valence electrons. The van der Waals surface area contributed by atoms with E-state index in [1.54, 1.807) is 48.5 Å². The number of carbonyl (C=O) groups excluding carboxylic acids is 1.